The number of hydrogen-bond acceptors (Lipinski definition) is 4. The molecule has 0 saturated carbocycles. The van der Waals surface area contributed by atoms with Gasteiger partial charge in [0.2, 0.25) is 0 Å². The SMILES string of the molecule is O=C(N[C@H](c1ccccc1)C(C(=O)c1ccccc1)C(=O)c1ccccc1)OCCc1ccccc1. The smallest absolute Gasteiger partial charge is 0.407 e. The van der Waals surface area contributed by atoms with E-state index in [-0.39, 0.29) is 18.2 Å². The number of benzene rings is 4. The van der Waals surface area contributed by atoms with Crippen molar-refractivity contribution in [3.63, 3.8) is 0 Å². The summed E-state index contributed by atoms with van der Waals surface area (Å²) in [5.74, 6) is -1.93. The van der Waals surface area contributed by atoms with Crippen LogP contribution in [0.2, 0.25) is 0 Å². The van der Waals surface area contributed by atoms with E-state index in [0.717, 1.165) is 5.56 Å². The number of Topliss-reactive ketones (excluding diaryl/α,β-unsaturated/α-hetero) is 2. The molecule has 0 aromatic heterocycles. The Morgan fingerprint density at radius 1 is 0.611 bits per heavy atom. The van der Waals surface area contributed by atoms with Crippen molar-refractivity contribution in [1.82, 2.24) is 5.32 Å². The lowest BCUT2D eigenvalue weighted by Gasteiger charge is -2.27. The quantitative estimate of drug-likeness (QED) is 0.222. The van der Waals surface area contributed by atoms with Crippen LogP contribution in [-0.2, 0) is 11.2 Å². The number of rotatable bonds is 10. The van der Waals surface area contributed by atoms with Crippen LogP contribution in [0.15, 0.2) is 121 Å². The molecule has 5 heteroatoms. The van der Waals surface area contributed by atoms with Gasteiger partial charge in [0.05, 0.1) is 12.6 Å². The molecule has 4 rings (SSSR count). The van der Waals surface area contributed by atoms with Crippen LogP contribution in [0.25, 0.3) is 0 Å². The second-order valence-electron chi connectivity index (χ2n) is 8.34. The molecule has 0 radical (unpaired) electrons. The van der Waals surface area contributed by atoms with Gasteiger partial charge in [-0.25, -0.2) is 4.79 Å². The third-order valence-electron chi connectivity index (χ3n) is 5.91. The topological polar surface area (TPSA) is 72.5 Å². The van der Waals surface area contributed by atoms with Crippen molar-refractivity contribution in [2.45, 2.75) is 12.5 Å². The molecule has 0 aliphatic rings. The summed E-state index contributed by atoms with van der Waals surface area (Å²) in [6.45, 7) is 0.168. The Morgan fingerprint density at radius 3 is 1.56 bits per heavy atom. The third-order valence-corrected chi connectivity index (χ3v) is 5.91. The number of nitrogens with one attached hydrogen (secondary N) is 1. The Kier molecular flexibility index (Phi) is 8.39. The predicted molar refractivity (Wildman–Crippen MR) is 139 cm³/mol. The highest BCUT2D eigenvalue weighted by molar-refractivity contribution is 6.16. The lowest BCUT2D eigenvalue weighted by Crippen LogP contribution is -2.41. The minimum Gasteiger partial charge on any atom is -0.449 e. The Balaban J connectivity index is 1.63. The van der Waals surface area contributed by atoms with E-state index >= 15 is 0 Å². The lowest BCUT2D eigenvalue weighted by molar-refractivity contribution is 0.0764. The summed E-state index contributed by atoms with van der Waals surface area (Å²) >= 11 is 0. The van der Waals surface area contributed by atoms with Crippen LogP contribution in [0.1, 0.15) is 37.9 Å². The first-order valence-corrected chi connectivity index (χ1v) is 11.8. The zero-order valence-electron chi connectivity index (χ0n) is 19.7. The minimum absolute atomic E-state index is 0.168. The predicted octanol–water partition coefficient (Wildman–Crippen LogP) is 6.08. The second kappa shape index (κ2) is 12.3. The van der Waals surface area contributed by atoms with E-state index < -0.39 is 18.1 Å². The Bertz CT molecular complexity index is 1220. The molecular weight excluding hydrogens is 450 g/mol. The number of ether oxygens (including phenoxy) is 1. The van der Waals surface area contributed by atoms with Crippen molar-refractivity contribution in [3.8, 4) is 0 Å². The summed E-state index contributed by atoms with van der Waals surface area (Å²) in [7, 11) is 0. The Hall–Kier alpha value is -4.51. The van der Waals surface area contributed by atoms with Crippen LogP contribution in [0.3, 0.4) is 0 Å². The van der Waals surface area contributed by atoms with E-state index in [4.69, 9.17) is 4.74 Å². The minimum atomic E-state index is -1.18. The van der Waals surface area contributed by atoms with Crippen molar-refractivity contribution >= 4 is 17.7 Å². The van der Waals surface area contributed by atoms with Crippen LogP contribution >= 0.6 is 0 Å². The van der Waals surface area contributed by atoms with Crippen LogP contribution in [0.4, 0.5) is 4.79 Å². The van der Waals surface area contributed by atoms with Gasteiger partial charge in [0.25, 0.3) is 0 Å². The molecule has 4 aromatic rings. The van der Waals surface area contributed by atoms with Crippen molar-refractivity contribution in [2.75, 3.05) is 6.61 Å². The fourth-order valence-electron chi connectivity index (χ4n) is 4.08. The van der Waals surface area contributed by atoms with Gasteiger partial charge in [-0.1, -0.05) is 121 Å². The maximum absolute atomic E-state index is 13.7. The van der Waals surface area contributed by atoms with Gasteiger partial charge in [-0.3, -0.25) is 9.59 Å². The van der Waals surface area contributed by atoms with Crippen molar-refractivity contribution in [1.29, 1.82) is 0 Å². The molecule has 1 amide bonds. The molecular formula is C31H27NO4. The molecule has 0 aliphatic carbocycles. The fraction of sp³-hybridized carbons (Fsp3) is 0.129. The summed E-state index contributed by atoms with van der Waals surface area (Å²) in [6, 6.07) is 35.1. The monoisotopic (exact) mass is 477 g/mol. The number of carbonyl (C=O) groups excluding carboxylic acids is 3. The van der Waals surface area contributed by atoms with Crippen LogP contribution < -0.4 is 5.32 Å². The third kappa shape index (κ3) is 6.33. The van der Waals surface area contributed by atoms with Gasteiger partial charge >= 0.3 is 6.09 Å². The van der Waals surface area contributed by atoms with E-state index in [1.54, 1.807) is 60.7 Å². The molecule has 0 unspecified atom stereocenters. The van der Waals surface area contributed by atoms with E-state index in [1.807, 2.05) is 60.7 Å². The number of alkyl carbamates (subject to hydrolysis) is 1. The maximum atomic E-state index is 13.7. The van der Waals surface area contributed by atoms with E-state index in [2.05, 4.69) is 5.32 Å². The average molecular weight is 478 g/mol. The normalized spacial score (nSPS) is 11.5. The molecule has 36 heavy (non-hydrogen) atoms. The largest absolute Gasteiger partial charge is 0.449 e. The lowest BCUT2D eigenvalue weighted by atomic mass is 9.81. The first-order valence-electron chi connectivity index (χ1n) is 11.8. The summed E-state index contributed by atoms with van der Waals surface area (Å²) in [4.78, 5) is 40.4. The Morgan fingerprint density at radius 2 is 1.06 bits per heavy atom. The van der Waals surface area contributed by atoms with Crippen LogP contribution in [0.5, 0.6) is 0 Å². The summed E-state index contributed by atoms with van der Waals surface area (Å²) in [5, 5.41) is 2.82. The summed E-state index contributed by atoms with van der Waals surface area (Å²) in [5.41, 5.74) is 2.47. The highest BCUT2D eigenvalue weighted by Gasteiger charge is 2.38. The molecule has 180 valence electrons. The number of carbonyl (C=O) groups is 3. The first-order chi connectivity index (χ1) is 17.6. The molecule has 0 heterocycles. The first kappa shape index (κ1) is 24.6. The molecule has 5 nitrogen and oxygen atoms in total. The number of amides is 1. The van der Waals surface area contributed by atoms with E-state index in [0.29, 0.717) is 23.1 Å². The van der Waals surface area contributed by atoms with Gasteiger partial charge in [0.1, 0.15) is 5.92 Å². The molecule has 0 saturated heterocycles. The number of ketones is 2. The molecule has 0 bridgehead atoms. The summed E-state index contributed by atoms with van der Waals surface area (Å²) in [6.07, 6.45) is -0.133. The van der Waals surface area contributed by atoms with Gasteiger partial charge in [-0.05, 0) is 11.1 Å². The van der Waals surface area contributed by atoms with Crippen molar-refractivity contribution in [3.05, 3.63) is 144 Å². The standard InChI is InChI=1S/C31H27NO4/c33-29(25-17-9-3-10-18-25)27(30(34)26-19-11-4-12-20-26)28(24-15-7-2-8-16-24)32-31(35)36-22-21-23-13-5-1-6-14-23/h1-20,27-28H,21-22H2,(H,32,35)/t28-/m1/s1. The van der Waals surface area contributed by atoms with Gasteiger partial charge in [0, 0.05) is 17.5 Å². The van der Waals surface area contributed by atoms with Gasteiger partial charge in [-0.2, -0.15) is 0 Å². The molecule has 4 aromatic carbocycles. The highest BCUT2D eigenvalue weighted by atomic mass is 16.5. The van der Waals surface area contributed by atoms with E-state index in [9.17, 15) is 14.4 Å². The van der Waals surface area contributed by atoms with Crippen molar-refractivity contribution < 1.29 is 19.1 Å². The summed E-state index contributed by atoms with van der Waals surface area (Å²) < 4.78 is 5.45. The maximum Gasteiger partial charge on any atom is 0.407 e. The van der Waals surface area contributed by atoms with Crippen molar-refractivity contribution in [2.24, 2.45) is 5.92 Å². The zero-order chi connectivity index (χ0) is 25.2. The number of hydrogen-bond donors (Lipinski definition) is 1. The molecule has 0 spiro atoms. The van der Waals surface area contributed by atoms with Gasteiger partial charge in [-0.15, -0.1) is 0 Å². The molecule has 0 aliphatic heterocycles. The average Bonchev–Trinajstić information content (AvgIpc) is 2.94. The van der Waals surface area contributed by atoms with Crippen LogP contribution in [-0.4, -0.2) is 24.3 Å². The highest BCUT2D eigenvalue weighted by Crippen LogP contribution is 2.29. The molecule has 0 fully saturated rings. The van der Waals surface area contributed by atoms with Gasteiger partial charge in [0.15, 0.2) is 11.6 Å². The molecule has 1 atom stereocenters. The fourth-order valence-corrected chi connectivity index (χ4v) is 4.08. The van der Waals surface area contributed by atoms with Crippen LogP contribution in [0, 0.1) is 5.92 Å². The second-order valence-corrected chi connectivity index (χ2v) is 8.34. The Labute approximate surface area is 210 Å². The van der Waals surface area contributed by atoms with Gasteiger partial charge < -0.3 is 10.1 Å². The van der Waals surface area contributed by atoms with E-state index in [1.165, 1.54) is 0 Å². The zero-order valence-corrected chi connectivity index (χ0v) is 19.7. The molecule has 1 N–H and O–H groups in total.